The molecule has 0 spiro atoms. The highest BCUT2D eigenvalue weighted by Gasteiger charge is 2.29. The van der Waals surface area contributed by atoms with E-state index in [1.807, 2.05) is 47.4 Å². The van der Waals surface area contributed by atoms with Crippen molar-refractivity contribution < 1.29 is 28.8 Å². The number of piperidine rings is 1. The van der Waals surface area contributed by atoms with Crippen LogP contribution in [-0.4, -0.2) is 46.8 Å². The highest BCUT2D eigenvalue weighted by molar-refractivity contribution is 9.10. The predicted octanol–water partition coefficient (Wildman–Crippen LogP) is 7.06. The molecule has 2 aliphatic heterocycles. The van der Waals surface area contributed by atoms with Crippen LogP contribution in [0.15, 0.2) is 71.5 Å². The molecule has 1 N–H and O–H groups in total. The van der Waals surface area contributed by atoms with E-state index >= 15 is 0 Å². The number of nitrogens with zero attached hydrogens (tertiary/aromatic N) is 3. The average molecular weight is 685 g/mol. The number of pyridine rings is 1. The third kappa shape index (κ3) is 7.11. The van der Waals surface area contributed by atoms with Crippen LogP contribution < -0.4 is 18.9 Å². The zero-order valence-electron chi connectivity index (χ0n) is 25.5. The van der Waals surface area contributed by atoms with Crippen LogP contribution in [0.3, 0.4) is 0 Å². The van der Waals surface area contributed by atoms with Crippen molar-refractivity contribution in [2.75, 3.05) is 19.8 Å². The molecule has 236 valence electrons. The maximum absolute atomic E-state index is 12.0. The van der Waals surface area contributed by atoms with Crippen LogP contribution >= 0.6 is 15.9 Å². The minimum absolute atomic E-state index is 0.190. The number of ether oxygens (including phenoxy) is 4. The van der Waals surface area contributed by atoms with Gasteiger partial charge in [0.2, 0.25) is 0 Å². The van der Waals surface area contributed by atoms with E-state index in [4.69, 9.17) is 18.9 Å². The second-order valence-electron chi connectivity index (χ2n) is 11.4. The van der Waals surface area contributed by atoms with Crippen LogP contribution in [0.25, 0.3) is 11.1 Å². The van der Waals surface area contributed by atoms with Gasteiger partial charge >= 0.3 is 5.97 Å². The molecule has 0 aliphatic carbocycles. The summed E-state index contributed by atoms with van der Waals surface area (Å²) in [6.07, 6.45) is 5.63. The number of carbonyl (C=O) groups is 1. The Hall–Kier alpha value is -4.59. The van der Waals surface area contributed by atoms with Crippen molar-refractivity contribution in [2.45, 2.75) is 52.0 Å². The Morgan fingerprint density at radius 1 is 1.02 bits per heavy atom. The molecule has 0 amide bonds. The van der Waals surface area contributed by atoms with E-state index in [1.165, 1.54) is 6.20 Å². The molecule has 10 heteroatoms. The van der Waals surface area contributed by atoms with Crippen molar-refractivity contribution in [1.29, 1.82) is 5.26 Å². The van der Waals surface area contributed by atoms with E-state index in [9.17, 15) is 15.2 Å². The van der Waals surface area contributed by atoms with Crippen molar-refractivity contribution in [3.63, 3.8) is 0 Å². The van der Waals surface area contributed by atoms with Gasteiger partial charge in [0.1, 0.15) is 50.0 Å². The zero-order valence-corrected chi connectivity index (χ0v) is 27.1. The third-order valence-electron chi connectivity index (χ3n) is 8.39. The molecule has 4 aromatic rings. The first-order valence-corrected chi connectivity index (χ1v) is 16.1. The van der Waals surface area contributed by atoms with Crippen LogP contribution in [0.1, 0.15) is 47.1 Å². The van der Waals surface area contributed by atoms with Gasteiger partial charge in [0.25, 0.3) is 0 Å². The topological polar surface area (TPSA) is 114 Å². The number of benzene rings is 3. The molecule has 3 heterocycles. The summed E-state index contributed by atoms with van der Waals surface area (Å²) >= 11 is 3.70. The number of carboxylic acid groups (broad SMARTS) is 1. The molecule has 0 radical (unpaired) electrons. The zero-order chi connectivity index (χ0) is 32.0. The molecule has 3 aromatic carbocycles. The highest BCUT2D eigenvalue weighted by atomic mass is 79.9. The Bertz CT molecular complexity index is 1790. The summed E-state index contributed by atoms with van der Waals surface area (Å²) in [5.74, 6) is 1.87. The average Bonchev–Trinajstić information content (AvgIpc) is 3.08. The highest BCUT2D eigenvalue weighted by Crippen LogP contribution is 2.38. The van der Waals surface area contributed by atoms with Gasteiger partial charge in [0, 0.05) is 36.1 Å². The van der Waals surface area contributed by atoms with Gasteiger partial charge in [-0.2, -0.15) is 5.26 Å². The molecule has 2 aliphatic rings. The molecule has 46 heavy (non-hydrogen) atoms. The monoisotopic (exact) mass is 683 g/mol. The first-order valence-electron chi connectivity index (χ1n) is 15.3. The maximum atomic E-state index is 12.0. The van der Waals surface area contributed by atoms with E-state index in [2.05, 4.69) is 40.0 Å². The van der Waals surface area contributed by atoms with Gasteiger partial charge in [-0.15, -0.1) is 0 Å². The van der Waals surface area contributed by atoms with Crippen LogP contribution in [0.2, 0.25) is 0 Å². The number of aliphatic carboxylic acids is 1. The predicted molar refractivity (Wildman–Crippen MR) is 175 cm³/mol. The molecule has 6 rings (SSSR count). The van der Waals surface area contributed by atoms with Crippen molar-refractivity contribution in [3.05, 3.63) is 99.3 Å². The molecule has 1 atom stereocenters. The van der Waals surface area contributed by atoms with Crippen molar-refractivity contribution >= 4 is 21.9 Å². The minimum atomic E-state index is -0.811. The van der Waals surface area contributed by atoms with Crippen LogP contribution in [-0.2, 0) is 24.6 Å². The van der Waals surface area contributed by atoms with E-state index in [0.29, 0.717) is 56.4 Å². The summed E-state index contributed by atoms with van der Waals surface area (Å²) in [6.45, 7) is 4.78. The van der Waals surface area contributed by atoms with E-state index < -0.39 is 12.0 Å². The Morgan fingerprint density at radius 2 is 1.85 bits per heavy atom. The van der Waals surface area contributed by atoms with Crippen molar-refractivity contribution in [1.82, 2.24) is 9.88 Å². The summed E-state index contributed by atoms with van der Waals surface area (Å²) in [4.78, 5) is 18.1. The van der Waals surface area contributed by atoms with Gasteiger partial charge in [0.05, 0.1) is 10.0 Å². The second kappa shape index (κ2) is 14.2. The smallest absolute Gasteiger partial charge is 0.320 e. The number of carboxylic acids is 1. The number of hydrogen-bond acceptors (Lipinski definition) is 8. The van der Waals surface area contributed by atoms with Crippen LogP contribution in [0, 0.1) is 18.3 Å². The van der Waals surface area contributed by atoms with E-state index in [-0.39, 0.29) is 6.61 Å². The number of likely N-dealkylation sites (tertiary alicyclic amines) is 1. The molecular weight excluding hydrogens is 650 g/mol. The molecular formula is C36H34BrN3O6. The van der Waals surface area contributed by atoms with Gasteiger partial charge in [-0.3, -0.25) is 14.7 Å². The second-order valence-corrected chi connectivity index (χ2v) is 12.3. The molecule has 9 nitrogen and oxygen atoms in total. The van der Waals surface area contributed by atoms with Crippen molar-refractivity contribution in [2.24, 2.45) is 0 Å². The Kier molecular flexibility index (Phi) is 9.71. The number of fused-ring (bicyclic) bond motifs is 1. The molecule has 0 bridgehead atoms. The lowest BCUT2D eigenvalue weighted by Gasteiger charge is -2.33. The summed E-state index contributed by atoms with van der Waals surface area (Å²) in [5.41, 5.74) is 6.29. The number of hydrogen-bond donors (Lipinski definition) is 1. The van der Waals surface area contributed by atoms with Crippen LogP contribution in [0.5, 0.6) is 23.0 Å². The fourth-order valence-corrected chi connectivity index (χ4v) is 6.44. The molecule has 1 fully saturated rings. The third-order valence-corrected chi connectivity index (χ3v) is 9.01. The maximum Gasteiger partial charge on any atom is 0.320 e. The first kappa shape index (κ1) is 31.4. The molecule has 0 unspecified atom stereocenters. The number of aromatic nitrogens is 1. The SMILES string of the molecule is Cc1c(COc2cc(OCc3cncc(C#N)c3)c(CN3CCCC[C@H]3C(=O)O)cc2Br)cccc1-c1ccc2c(c1)OCCO2. The van der Waals surface area contributed by atoms with Gasteiger partial charge in [-0.05, 0) is 88.8 Å². The summed E-state index contributed by atoms with van der Waals surface area (Å²) < 4.78 is 24.9. The number of halogens is 1. The Balaban J connectivity index is 1.25. The summed E-state index contributed by atoms with van der Waals surface area (Å²) in [5, 5.41) is 19.1. The Labute approximate surface area is 276 Å². The van der Waals surface area contributed by atoms with Gasteiger partial charge in [0.15, 0.2) is 11.5 Å². The normalized spacial score (nSPS) is 16.0. The number of rotatable bonds is 10. The van der Waals surface area contributed by atoms with Gasteiger partial charge < -0.3 is 24.1 Å². The number of nitriles is 1. The van der Waals surface area contributed by atoms with Crippen LogP contribution in [0.4, 0.5) is 0 Å². The van der Waals surface area contributed by atoms with Gasteiger partial charge in [-0.1, -0.05) is 30.7 Å². The van der Waals surface area contributed by atoms with Crippen molar-refractivity contribution in [3.8, 4) is 40.2 Å². The molecule has 1 saturated heterocycles. The summed E-state index contributed by atoms with van der Waals surface area (Å²) in [6, 6.07) is 19.3. The quantitative estimate of drug-likeness (QED) is 0.188. The Morgan fingerprint density at radius 3 is 2.67 bits per heavy atom. The lowest BCUT2D eigenvalue weighted by molar-refractivity contribution is -0.144. The van der Waals surface area contributed by atoms with E-state index in [0.717, 1.165) is 62.2 Å². The standard InChI is InChI=1S/C36H34BrN3O6/c1-23-27(5-4-6-29(23)26-8-9-32-35(15-26)44-12-11-43-32)22-46-34-16-33(45-21-25-13-24(17-38)18-39-19-25)28(14-30(34)37)20-40-10-3-2-7-31(40)36(41)42/h4-6,8-9,13-16,18-19,31H,2-3,7,10-12,20-22H2,1H3,(H,41,42)/t31-/m0/s1. The minimum Gasteiger partial charge on any atom is -0.488 e. The largest absolute Gasteiger partial charge is 0.488 e. The fraction of sp³-hybridized carbons (Fsp3) is 0.306. The summed E-state index contributed by atoms with van der Waals surface area (Å²) in [7, 11) is 0. The lowest BCUT2D eigenvalue weighted by Crippen LogP contribution is -2.44. The first-order chi connectivity index (χ1) is 22.4. The molecule has 1 aromatic heterocycles. The van der Waals surface area contributed by atoms with E-state index in [1.54, 1.807) is 12.3 Å². The lowest BCUT2D eigenvalue weighted by atomic mass is 9.96. The fourth-order valence-electron chi connectivity index (χ4n) is 5.93. The van der Waals surface area contributed by atoms with Gasteiger partial charge in [-0.25, -0.2) is 0 Å². The molecule has 0 saturated carbocycles.